The minimum absolute atomic E-state index is 0.0290. The number of rotatable bonds is 4. The van der Waals surface area contributed by atoms with Gasteiger partial charge in [-0.3, -0.25) is 0 Å². The van der Waals surface area contributed by atoms with Gasteiger partial charge in [-0.2, -0.15) is 13.2 Å². The Kier molecular flexibility index (Phi) is 5.65. The zero-order chi connectivity index (χ0) is 18.0. The van der Waals surface area contributed by atoms with E-state index in [4.69, 9.17) is 4.74 Å². The Morgan fingerprint density at radius 2 is 1.84 bits per heavy atom. The van der Waals surface area contributed by atoms with Gasteiger partial charge >= 0.3 is 6.18 Å². The summed E-state index contributed by atoms with van der Waals surface area (Å²) in [4.78, 5) is 0. The first-order chi connectivity index (χ1) is 11.9. The van der Waals surface area contributed by atoms with Crippen molar-refractivity contribution >= 4 is 0 Å². The van der Waals surface area contributed by atoms with Crippen molar-refractivity contribution in [1.29, 1.82) is 0 Å². The van der Waals surface area contributed by atoms with E-state index in [1.54, 1.807) is 6.07 Å². The number of benzene rings is 1. The summed E-state index contributed by atoms with van der Waals surface area (Å²) in [6, 6.07) is 5.84. The Hall–Kier alpha value is -1.19. The van der Waals surface area contributed by atoms with Gasteiger partial charge < -0.3 is 4.74 Å². The molecule has 1 aromatic rings. The zero-order valence-electron chi connectivity index (χ0n) is 15.2. The molecule has 0 bridgehead atoms. The van der Waals surface area contributed by atoms with Gasteiger partial charge in [-0.1, -0.05) is 38.8 Å². The van der Waals surface area contributed by atoms with Crippen molar-refractivity contribution in [1.82, 2.24) is 0 Å². The molecular weight excluding hydrogens is 325 g/mol. The predicted molar refractivity (Wildman–Crippen MR) is 94.0 cm³/mol. The molecule has 0 saturated heterocycles. The highest BCUT2D eigenvalue weighted by atomic mass is 19.4. The standard InChI is InChI=1S/C21H29F3O/c1-3-4-14(2)15-5-7-16(8-6-15)17-9-11-19-18(13-17)10-12-20(25-19)21(22,23)24/h9,11,13-16,20H,3-8,10,12H2,1-2H3. The van der Waals surface area contributed by atoms with Gasteiger partial charge in [0.15, 0.2) is 6.10 Å². The second-order valence-electron chi connectivity index (χ2n) is 7.93. The molecule has 1 saturated carbocycles. The van der Waals surface area contributed by atoms with Gasteiger partial charge in [0.1, 0.15) is 5.75 Å². The van der Waals surface area contributed by atoms with E-state index in [9.17, 15) is 13.2 Å². The highest BCUT2D eigenvalue weighted by Crippen LogP contribution is 2.42. The van der Waals surface area contributed by atoms with Crippen LogP contribution >= 0.6 is 0 Å². The van der Waals surface area contributed by atoms with Gasteiger partial charge in [-0.15, -0.1) is 0 Å². The molecule has 0 radical (unpaired) electrons. The first kappa shape index (κ1) is 18.6. The van der Waals surface area contributed by atoms with Crippen LogP contribution < -0.4 is 4.74 Å². The molecule has 1 heterocycles. The average Bonchev–Trinajstić information content (AvgIpc) is 2.60. The van der Waals surface area contributed by atoms with Crippen LogP contribution in [-0.2, 0) is 6.42 Å². The minimum atomic E-state index is -4.27. The fourth-order valence-electron chi connectivity index (χ4n) is 4.61. The highest BCUT2D eigenvalue weighted by molar-refractivity contribution is 5.40. The van der Waals surface area contributed by atoms with Gasteiger partial charge in [0.25, 0.3) is 0 Å². The molecule has 3 rings (SSSR count). The van der Waals surface area contributed by atoms with Crippen LogP contribution in [-0.4, -0.2) is 12.3 Å². The van der Waals surface area contributed by atoms with E-state index < -0.39 is 12.3 Å². The molecule has 0 aromatic heterocycles. The van der Waals surface area contributed by atoms with Gasteiger partial charge in [0.05, 0.1) is 0 Å². The molecule has 1 fully saturated rings. The van der Waals surface area contributed by atoms with Gasteiger partial charge in [-0.05, 0) is 73.5 Å². The molecule has 2 unspecified atom stereocenters. The van der Waals surface area contributed by atoms with Crippen LogP contribution in [0.4, 0.5) is 13.2 Å². The lowest BCUT2D eigenvalue weighted by molar-refractivity contribution is -0.199. The SMILES string of the molecule is CCCC(C)C1CCC(c2ccc3c(c2)CCC(C(F)(F)F)O3)CC1. The molecule has 0 spiro atoms. The third-order valence-corrected chi connectivity index (χ3v) is 6.19. The number of alkyl halides is 3. The molecule has 1 aromatic carbocycles. The lowest BCUT2D eigenvalue weighted by Crippen LogP contribution is -2.37. The van der Waals surface area contributed by atoms with Gasteiger partial charge in [0.2, 0.25) is 0 Å². The van der Waals surface area contributed by atoms with Gasteiger partial charge in [-0.25, -0.2) is 0 Å². The quantitative estimate of drug-likeness (QED) is 0.588. The van der Waals surface area contributed by atoms with Crippen LogP contribution in [0.3, 0.4) is 0 Å². The lowest BCUT2D eigenvalue weighted by atomic mass is 9.73. The number of halogens is 3. The first-order valence-electron chi connectivity index (χ1n) is 9.74. The van der Waals surface area contributed by atoms with E-state index in [-0.39, 0.29) is 6.42 Å². The summed E-state index contributed by atoms with van der Waals surface area (Å²) < 4.78 is 43.7. The Labute approximate surface area is 149 Å². The summed E-state index contributed by atoms with van der Waals surface area (Å²) in [6.07, 6.45) is 2.07. The topological polar surface area (TPSA) is 9.23 Å². The predicted octanol–water partition coefficient (Wildman–Crippen LogP) is 6.65. The molecule has 140 valence electrons. The fraction of sp³-hybridized carbons (Fsp3) is 0.714. The molecule has 1 aliphatic heterocycles. The van der Waals surface area contributed by atoms with Crippen molar-refractivity contribution in [3.63, 3.8) is 0 Å². The molecule has 1 aliphatic carbocycles. The lowest BCUT2D eigenvalue weighted by Gasteiger charge is -2.33. The normalized spacial score (nSPS) is 28.1. The summed E-state index contributed by atoms with van der Waals surface area (Å²) in [5, 5.41) is 0. The maximum Gasteiger partial charge on any atom is 0.425 e. The monoisotopic (exact) mass is 354 g/mol. The summed E-state index contributed by atoms with van der Waals surface area (Å²) >= 11 is 0. The van der Waals surface area contributed by atoms with Crippen molar-refractivity contribution in [2.45, 2.75) is 83.4 Å². The molecule has 25 heavy (non-hydrogen) atoms. The molecule has 0 N–H and O–H groups in total. The maximum atomic E-state index is 12.8. The van der Waals surface area contributed by atoms with Crippen LogP contribution in [0.2, 0.25) is 0 Å². The van der Waals surface area contributed by atoms with Crippen molar-refractivity contribution < 1.29 is 17.9 Å². The minimum Gasteiger partial charge on any atom is -0.481 e. The second-order valence-corrected chi connectivity index (χ2v) is 7.93. The third-order valence-electron chi connectivity index (χ3n) is 6.19. The maximum absolute atomic E-state index is 12.8. The molecular formula is C21H29F3O. The van der Waals surface area contributed by atoms with Crippen molar-refractivity contribution in [2.24, 2.45) is 11.8 Å². The van der Waals surface area contributed by atoms with Crippen LogP contribution in [0, 0.1) is 11.8 Å². The van der Waals surface area contributed by atoms with Crippen LogP contribution in [0.1, 0.15) is 75.8 Å². The van der Waals surface area contributed by atoms with E-state index in [1.807, 2.05) is 6.07 Å². The van der Waals surface area contributed by atoms with E-state index in [1.165, 1.54) is 44.1 Å². The Morgan fingerprint density at radius 1 is 1.12 bits per heavy atom. The Morgan fingerprint density at radius 3 is 2.48 bits per heavy atom. The smallest absolute Gasteiger partial charge is 0.425 e. The van der Waals surface area contributed by atoms with E-state index >= 15 is 0 Å². The fourth-order valence-corrected chi connectivity index (χ4v) is 4.61. The van der Waals surface area contributed by atoms with E-state index in [0.717, 1.165) is 17.4 Å². The summed E-state index contributed by atoms with van der Waals surface area (Å²) in [6.45, 7) is 4.63. The largest absolute Gasteiger partial charge is 0.481 e. The number of aryl methyl sites for hydroxylation is 1. The molecule has 2 aliphatic rings. The van der Waals surface area contributed by atoms with Crippen LogP contribution in [0.5, 0.6) is 5.75 Å². The number of hydrogen-bond donors (Lipinski definition) is 0. The van der Waals surface area contributed by atoms with E-state index in [0.29, 0.717) is 18.1 Å². The molecule has 1 nitrogen and oxygen atoms in total. The van der Waals surface area contributed by atoms with E-state index in [2.05, 4.69) is 19.9 Å². The average molecular weight is 354 g/mol. The van der Waals surface area contributed by atoms with Crippen molar-refractivity contribution in [2.75, 3.05) is 0 Å². The Balaban J connectivity index is 1.62. The van der Waals surface area contributed by atoms with Crippen LogP contribution in [0.15, 0.2) is 18.2 Å². The summed E-state index contributed by atoms with van der Waals surface area (Å²) in [5.41, 5.74) is 2.23. The number of ether oxygens (including phenoxy) is 1. The Bertz CT molecular complexity index is 573. The number of hydrogen-bond acceptors (Lipinski definition) is 1. The number of fused-ring (bicyclic) bond motifs is 1. The van der Waals surface area contributed by atoms with Crippen LogP contribution in [0.25, 0.3) is 0 Å². The zero-order valence-corrected chi connectivity index (χ0v) is 15.2. The van der Waals surface area contributed by atoms with Gasteiger partial charge in [0, 0.05) is 0 Å². The molecule has 0 amide bonds. The molecule has 4 heteroatoms. The van der Waals surface area contributed by atoms with Crippen molar-refractivity contribution in [3.05, 3.63) is 29.3 Å². The molecule has 2 atom stereocenters. The first-order valence-corrected chi connectivity index (χ1v) is 9.74. The summed E-state index contributed by atoms with van der Waals surface area (Å²) in [5.74, 6) is 2.62. The second kappa shape index (κ2) is 7.59. The third kappa shape index (κ3) is 4.32. The summed E-state index contributed by atoms with van der Waals surface area (Å²) in [7, 11) is 0. The highest BCUT2D eigenvalue weighted by Gasteiger charge is 2.43. The van der Waals surface area contributed by atoms with Crippen molar-refractivity contribution in [3.8, 4) is 5.75 Å².